The van der Waals surface area contributed by atoms with Crippen molar-refractivity contribution >= 4 is 80.7 Å². The van der Waals surface area contributed by atoms with Crippen molar-refractivity contribution in [2.75, 3.05) is 29.1 Å². The Kier molecular flexibility index (Phi) is 35.1. The predicted octanol–water partition coefficient (Wildman–Crippen LogP) is 24.3. The zero-order valence-corrected chi connectivity index (χ0v) is 67.7. The van der Waals surface area contributed by atoms with Crippen LogP contribution in [0.15, 0.2) is 418 Å². The molecule has 0 fully saturated rings. The van der Waals surface area contributed by atoms with Crippen molar-refractivity contribution in [1.29, 1.82) is 0 Å². The van der Waals surface area contributed by atoms with Crippen LogP contribution < -0.4 is 15.0 Å². The van der Waals surface area contributed by atoms with Crippen LogP contribution in [0.5, 0.6) is 0 Å². The van der Waals surface area contributed by atoms with E-state index in [1.54, 1.807) is 12.1 Å². The number of Topliss-reactive ketones (excluding diaryl/α,β-unsaturated/α-hetero) is 2. The number of fused-ring (bicyclic) bond motifs is 1. The summed E-state index contributed by atoms with van der Waals surface area (Å²) in [4.78, 5) is 26.0. The number of carbonyl (C=O) groups is 2. The largest absolute Gasteiger partial charge is 0.287 e. The lowest BCUT2D eigenvalue weighted by atomic mass is 9.90. The highest BCUT2D eigenvalue weighted by Gasteiger charge is 2.20. The maximum atomic E-state index is 13.0. The van der Waals surface area contributed by atoms with Crippen LogP contribution in [0.25, 0.3) is 0 Å². The molecule has 13 aromatic carbocycles. The Hall–Kier alpha value is -13.4. The molecule has 13 heteroatoms. The molecule has 0 bridgehead atoms. The molecular weight excluding hydrogens is 1440 g/mol. The normalized spacial score (nSPS) is 12.4. The molecular formula is C103H101ClN10O2. The van der Waals surface area contributed by atoms with Crippen LogP contribution in [0, 0.1) is 0 Å². The van der Waals surface area contributed by atoms with Crippen molar-refractivity contribution in [1.82, 2.24) is 0 Å². The second-order valence-electron chi connectivity index (χ2n) is 27.6. The third-order valence-electron chi connectivity index (χ3n) is 18.9. The number of anilines is 3. The molecule has 0 spiro atoms. The van der Waals surface area contributed by atoms with Crippen LogP contribution in [-0.2, 0) is 38.6 Å². The van der Waals surface area contributed by atoms with Crippen molar-refractivity contribution in [3.05, 3.63) is 448 Å². The first-order valence-corrected chi connectivity index (χ1v) is 39.9. The second-order valence-corrected chi connectivity index (χ2v) is 28.0. The lowest BCUT2D eigenvalue weighted by Crippen LogP contribution is -2.19. The molecule has 12 nitrogen and oxygen atoms in total. The first-order chi connectivity index (χ1) is 56.9. The van der Waals surface area contributed by atoms with Crippen LogP contribution in [-0.4, -0.2) is 66.1 Å². The second kappa shape index (κ2) is 47.8. The lowest BCUT2D eigenvalue weighted by Gasteiger charge is -2.21. The summed E-state index contributed by atoms with van der Waals surface area (Å²) in [6.07, 6.45) is 11.2. The Morgan fingerprint density at radius 2 is 0.741 bits per heavy atom. The standard InChI is InChI=1S/C24H20N2O.C24H22N2O.C22H21ClN2.C17H20N2.C16H18N2/c27-24(20-12-5-2-6-13-20)23(19-10-3-1-4-11-19)26-25-22-16-15-18-9-7-8-14-21(18)17-22;1-19(17-18-20-11-5-2-6-12-20)25-26-23(21-13-7-3-8-14-21)24(27)22-15-9-4-10-16-22;1-2-22(19-13-15-20(23)16-14-19)24-25(21-11-7-4-8-12-21)17-18-9-5-3-6-10-18;1-15(13-14-16-9-5-3-6-10-16)18-19(2)17-11-7-4-8-12-17;1-18(16-12-6-3-7-13-16)17-14-8-11-15-9-4-2-5-10-15/h1-14H,15-17H2;2-16H,17-18H2,1H3;3-16H,2,17H2,1H3;3-12H,13-14H2,1-2H3;2-7,9-10,12-14H,8,11H2,1H3. The Morgan fingerprint density at radius 1 is 0.362 bits per heavy atom. The number of hydrogen-bond donors (Lipinski definition) is 0. The van der Waals surface area contributed by atoms with Gasteiger partial charge in [0.15, 0.2) is 0 Å². The summed E-state index contributed by atoms with van der Waals surface area (Å²) in [5.74, 6) is -0.233. The molecule has 0 N–H and O–H groups in total. The van der Waals surface area contributed by atoms with E-state index in [9.17, 15) is 9.59 Å². The molecule has 0 saturated heterocycles. The van der Waals surface area contributed by atoms with Crippen molar-refractivity contribution in [3.63, 3.8) is 0 Å². The third-order valence-corrected chi connectivity index (χ3v) is 19.1. The van der Waals surface area contributed by atoms with Gasteiger partial charge in [-0.1, -0.05) is 352 Å². The molecule has 0 saturated carbocycles. The number of hydrazone groups is 3. The Balaban J connectivity index is 0.000000155. The van der Waals surface area contributed by atoms with Gasteiger partial charge in [-0.3, -0.25) is 24.6 Å². The number of para-hydroxylation sites is 3. The fraction of sp³-hybridized carbons (Fsp3) is 0.155. The van der Waals surface area contributed by atoms with Gasteiger partial charge < -0.3 is 0 Å². The van der Waals surface area contributed by atoms with E-state index in [-0.39, 0.29) is 11.6 Å². The van der Waals surface area contributed by atoms with E-state index in [0.29, 0.717) is 22.6 Å². The van der Waals surface area contributed by atoms with E-state index < -0.39 is 0 Å². The summed E-state index contributed by atoms with van der Waals surface area (Å²) in [6, 6.07) is 126. The van der Waals surface area contributed by atoms with Gasteiger partial charge >= 0.3 is 0 Å². The minimum absolute atomic E-state index is 0.109. The van der Waals surface area contributed by atoms with E-state index in [1.807, 2.05) is 262 Å². The van der Waals surface area contributed by atoms with Crippen LogP contribution >= 0.6 is 11.6 Å². The highest BCUT2D eigenvalue weighted by Crippen LogP contribution is 2.24. The molecule has 116 heavy (non-hydrogen) atoms. The van der Waals surface area contributed by atoms with Gasteiger partial charge in [-0.2, -0.15) is 25.5 Å². The average molecular weight is 1550 g/mol. The summed E-state index contributed by atoms with van der Waals surface area (Å²) in [7, 11) is 3.95. The molecule has 0 aromatic heterocycles. The Morgan fingerprint density at radius 3 is 1.21 bits per heavy atom. The van der Waals surface area contributed by atoms with Gasteiger partial charge in [0.2, 0.25) is 11.6 Å². The molecule has 0 aliphatic heterocycles. The van der Waals surface area contributed by atoms with Gasteiger partial charge in [-0.25, -0.2) is 0 Å². The first-order valence-electron chi connectivity index (χ1n) is 39.5. The number of rotatable bonds is 27. The molecule has 1 aliphatic carbocycles. The number of ketones is 2. The Labute approximate surface area is 690 Å². The van der Waals surface area contributed by atoms with Crippen molar-refractivity contribution in [2.24, 2.45) is 35.7 Å². The topological polar surface area (TPSA) is 130 Å². The summed E-state index contributed by atoms with van der Waals surface area (Å²) >= 11 is 6.02. The van der Waals surface area contributed by atoms with E-state index in [1.165, 1.54) is 33.4 Å². The highest BCUT2D eigenvalue weighted by molar-refractivity contribution is 6.52. The van der Waals surface area contributed by atoms with Gasteiger partial charge in [0, 0.05) is 71.1 Å². The SMILES string of the molecule is CC(CCc1ccccc1)=NN(C)c1ccccc1.CC(CCc1ccccc1)=NN=C(C(=O)c1ccccc1)c1ccccc1.CCC(=NN(Cc1ccccc1)c1ccccc1)c1ccc(Cl)cc1.CN(N=CCCc1ccccc1)c1ccccc1.O=C(C(=NN=C1CCc2ccccc2C1)c1ccccc1)c1ccccc1. The van der Waals surface area contributed by atoms with Crippen LogP contribution in [0.4, 0.5) is 17.1 Å². The highest BCUT2D eigenvalue weighted by atomic mass is 35.5. The van der Waals surface area contributed by atoms with Crippen molar-refractivity contribution in [3.8, 4) is 0 Å². The number of halogens is 1. The van der Waals surface area contributed by atoms with Gasteiger partial charge in [0.25, 0.3) is 0 Å². The fourth-order valence-electron chi connectivity index (χ4n) is 12.4. The van der Waals surface area contributed by atoms with Gasteiger partial charge in [-0.05, 0) is 159 Å². The summed E-state index contributed by atoms with van der Waals surface area (Å²) < 4.78 is 0. The van der Waals surface area contributed by atoms with Gasteiger partial charge in [0.05, 0.1) is 29.3 Å². The van der Waals surface area contributed by atoms with Gasteiger partial charge in [0.1, 0.15) is 11.4 Å². The van der Waals surface area contributed by atoms with Crippen LogP contribution in [0.2, 0.25) is 5.02 Å². The smallest absolute Gasteiger partial charge is 0.213 e. The molecule has 0 unspecified atom stereocenters. The maximum Gasteiger partial charge on any atom is 0.213 e. The molecule has 0 atom stereocenters. The molecule has 14 rings (SSSR count). The number of benzene rings is 13. The van der Waals surface area contributed by atoms with E-state index in [0.717, 1.165) is 132 Å². The maximum absolute atomic E-state index is 13.0. The summed E-state index contributed by atoms with van der Waals surface area (Å²) in [5.41, 5.74) is 19.9. The monoisotopic (exact) mass is 1540 g/mol. The fourth-order valence-corrected chi connectivity index (χ4v) is 12.6. The van der Waals surface area contributed by atoms with Crippen molar-refractivity contribution < 1.29 is 9.59 Å². The number of hydrogen-bond acceptors (Lipinski definition) is 12. The minimum atomic E-state index is -0.124. The molecule has 0 amide bonds. The minimum Gasteiger partial charge on any atom is -0.287 e. The van der Waals surface area contributed by atoms with Gasteiger partial charge in [-0.15, -0.1) is 10.2 Å². The van der Waals surface area contributed by atoms with Crippen LogP contribution in [0.1, 0.15) is 124 Å². The lowest BCUT2D eigenvalue weighted by molar-refractivity contribution is 0.105. The van der Waals surface area contributed by atoms with E-state index in [2.05, 4.69) is 195 Å². The molecule has 13 aromatic rings. The van der Waals surface area contributed by atoms with Crippen LogP contribution in [0.3, 0.4) is 0 Å². The quantitative estimate of drug-likeness (QED) is 0.0287. The first kappa shape index (κ1) is 85.0. The molecule has 1 aliphatic rings. The third kappa shape index (κ3) is 29.0. The molecule has 0 heterocycles. The molecule has 582 valence electrons. The zero-order chi connectivity index (χ0) is 81.0. The summed E-state index contributed by atoms with van der Waals surface area (Å²) in [5, 5.41) is 38.2. The summed E-state index contributed by atoms with van der Waals surface area (Å²) in [6.45, 7) is 6.88. The Bertz CT molecular complexity index is 5270. The predicted molar refractivity (Wildman–Crippen MR) is 489 cm³/mol. The van der Waals surface area contributed by atoms with E-state index >= 15 is 0 Å². The van der Waals surface area contributed by atoms with E-state index in [4.69, 9.17) is 16.7 Å². The number of nitrogens with zero attached hydrogens (tertiary/aromatic N) is 10. The zero-order valence-electron chi connectivity index (χ0n) is 66.9. The number of aryl methyl sites for hydroxylation is 4. The number of carbonyl (C=O) groups excluding carboxylic acids is 2. The molecule has 0 radical (unpaired) electrons. The average Bonchev–Trinajstić information content (AvgIpc) is 0.839. The van der Waals surface area contributed by atoms with Crippen molar-refractivity contribution in [2.45, 2.75) is 91.5 Å².